The molecule has 0 amide bonds. The molecule has 2 unspecified atom stereocenters. The third-order valence-corrected chi connectivity index (χ3v) is 6.04. The van der Waals surface area contributed by atoms with Gasteiger partial charge in [0.05, 0.1) is 21.7 Å². The van der Waals surface area contributed by atoms with Crippen LogP contribution < -0.4 is 20.1 Å². The predicted octanol–water partition coefficient (Wildman–Crippen LogP) is 3.93. The molecule has 0 aromatic heterocycles. The van der Waals surface area contributed by atoms with Crippen molar-refractivity contribution in [2.24, 2.45) is 0 Å². The fourth-order valence-electron chi connectivity index (χ4n) is 4.12. The number of piperazine rings is 1. The average Bonchev–Trinajstić information content (AvgIpc) is 2.72. The first kappa shape index (κ1) is 22.0. The van der Waals surface area contributed by atoms with Crippen molar-refractivity contribution >= 4 is 34.7 Å². The van der Waals surface area contributed by atoms with Gasteiger partial charge >= 0.3 is 5.97 Å². The van der Waals surface area contributed by atoms with Crippen molar-refractivity contribution in [1.29, 1.82) is 0 Å². The summed E-state index contributed by atoms with van der Waals surface area (Å²) in [6.45, 7) is 3.99. The summed E-state index contributed by atoms with van der Waals surface area (Å²) in [6, 6.07) is 11.2. The van der Waals surface area contributed by atoms with Gasteiger partial charge in [0.15, 0.2) is 5.75 Å². The van der Waals surface area contributed by atoms with Crippen molar-refractivity contribution in [3.63, 3.8) is 0 Å². The third-order valence-electron chi connectivity index (χ3n) is 5.47. The highest BCUT2D eigenvalue weighted by Gasteiger charge is 2.35. The van der Waals surface area contributed by atoms with Gasteiger partial charge < -0.3 is 25.2 Å². The SMILES string of the molecule is Cc1cc(Cl)c(OCCOc2ccc(C3=C(C(=O)O)C4CNCC(C3)N4)cc2)c(Cl)c1. The topological polar surface area (TPSA) is 79.8 Å². The van der Waals surface area contributed by atoms with Crippen molar-refractivity contribution in [3.05, 3.63) is 63.1 Å². The van der Waals surface area contributed by atoms with Crippen LogP contribution in [0.5, 0.6) is 11.5 Å². The Bertz CT molecular complexity index is 984. The smallest absolute Gasteiger partial charge is 0.333 e. The van der Waals surface area contributed by atoms with E-state index in [1.807, 2.05) is 31.2 Å². The molecule has 0 radical (unpaired) electrons. The normalized spacial score (nSPS) is 20.5. The van der Waals surface area contributed by atoms with E-state index in [4.69, 9.17) is 32.7 Å². The van der Waals surface area contributed by atoms with Gasteiger partial charge in [0.25, 0.3) is 0 Å². The maximum absolute atomic E-state index is 11.9. The molecule has 4 rings (SSSR count). The van der Waals surface area contributed by atoms with Gasteiger partial charge in [-0.05, 0) is 54.3 Å². The van der Waals surface area contributed by atoms with Crippen LogP contribution in [0.2, 0.25) is 10.0 Å². The molecule has 2 aromatic carbocycles. The van der Waals surface area contributed by atoms with E-state index in [2.05, 4.69) is 10.6 Å². The van der Waals surface area contributed by atoms with Crippen LogP contribution in [0.25, 0.3) is 5.57 Å². The van der Waals surface area contributed by atoms with E-state index in [9.17, 15) is 9.90 Å². The fraction of sp³-hybridized carbons (Fsp3) is 0.348. The van der Waals surface area contributed by atoms with Gasteiger partial charge in [0.2, 0.25) is 0 Å². The summed E-state index contributed by atoms with van der Waals surface area (Å²) in [5.74, 6) is 0.259. The van der Waals surface area contributed by atoms with Crippen molar-refractivity contribution < 1.29 is 19.4 Å². The first-order valence-electron chi connectivity index (χ1n) is 10.2. The van der Waals surface area contributed by atoms with Crippen LogP contribution in [0, 0.1) is 6.92 Å². The molecule has 8 heteroatoms. The Morgan fingerprint density at radius 3 is 2.45 bits per heavy atom. The van der Waals surface area contributed by atoms with Gasteiger partial charge in [0, 0.05) is 19.1 Å². The third kappa shape index (κ3) is 4.99. The molecule has 2 heterocycles. The van der Waals surface area contributed by atoms with Gasteiger partial charge in [-0.3, -0.25) is 0 Å². The Labute approximate surface area is 191 Å². The highest BCUT2D eigenvalue weighted by Crippen LogP contribution is 2.34. The van der Waals surface area contributed by atoms with E-state index in [1.54, 1.807) is 12.1 Å². The zero-order valence-corrected chi connectivity index (χ0v) is 18.6. The highest BCUT2D eigenvalue weighted by molar-refractivity contribution is 6.37. The number of carbonyl (C=O) groups is 1. The number of hydrogen-bond donors (Lipinski definition) is 3. The molecule has 2 atom stereocenters. The number of rotatable bonds is 7. The molecule has 0 saturated carbocycles. The minimum absolute atomic E-state index is 0.173. The summed E-state index contributed by atoms with van der Waals surface area (Å²) in [6.07, 6.45) is 0.678. The highest BCUT2D eigenvalue weighted by atomic mass is 35.5. The maximum Gasteiger partial charge on any atom is 0.333 e. The number of aryl methyl sites for hydroxylation is 1. The van der Waals surface area contributed by atoms with Gasteiger partial charge in [-0.2, -0.15) is 0 Å². The molecule has 3 N–H and O–H groups in total. The second-order valence-corrected chi connectivity index (χ2v) is 8.57. The van der Waals surface area contributed by atoms with E-state index < -0.39 is 5.97 Å². The monoisotopic (exact) mass is 462 g/mol. The van der Waals surface area contributed by atoms with Crippen molar-refractivity contribution in [1.82, 2.24) is 10.6 Å². The molecule has 6 nitrogen and oxygen atoms in total. The number of benzene rings is 2. The van der Waals surface area contributed by atoms with Crippen molar-refractivity contribution in [2.45, 2.75) is 25.4 Å². The molecular formula is C23H24Cl2N2O4. The standard InChI is InChI=1S/C23H24Cl2N2O4/c1-13-8-18(24)22(19(25)9-13)31-7-6-30-16-4-2-14(3-5-16)17-10-15-11-26-12-20(27-15)21(17)23(28)29/h2-5,8-9,15,20,26-27H,6-7,10-12H2,1H3,(H,28,29). The van der Waals surface area contributed by atoms with Crippen LogP contribution in [0.1, 0.15) is 17.5 Å². The van der Waals surface area contributed by atoms with Gasteiger partial charge in [-0.1, -0.05) is 35.3 Å². The summed E-state index contributed by atoms with van der Waals surface area (Å²) < 4.78 is 11.4. The lowest BCUT2D eigenvalue weighted by atomic mass is 9.84. The van der Waals surface area contributed by atoms with Crippen LogP contribution >= 0.6 is 23.2 Å². The van der Waals surface area contributed by atoms with Crippen molar-refractivity contribution in [2.75, 3.05) is 26.3 Å². The number of aliphatic carboxylic acids is 1. The van der Waals surface area contributed by atoms with Gasteiger partial charge in [-0.15, -0.1) is 0 Å². The minimum atomic E-state index is -0.874. The first-order chi connectivity index (χ1) is 14.9. The molecule has 1 saturated heterocycles. The summed E-state index contributed by atoms with van der Waals surface area (Å²) >= 11 is 12.4. The van der Waals surface area contributed by atoms with E-state index in [-0.39, 0.29) is 12.1 Å². The number of fused-ring (bicyclic) bond motifs is 2. The summed E-state index contributed by atoms with van der Waals surface area (Å²) in [7, 11) is 0. The van der Waals surface area contributed by atoms with E-state index >= 15 is 0 Å². The fourth-order valence-corrected chi connectivity index (χ4v) is 4.82. The molecule has 164 valence electrons. The van der Waals surface area contributed by atoms with Crippen molar-refractivity contribution in [3.8, 4) is 11.5 Å². The van der Waals surface area contributed by atoms with Crippen LogP contribution in [-0.2, 0) is 4.79 Å². The number of nitrogens with one attached hydrogen (secondary N) is 2. The lowest BCUT2D eigenvalue weighted by Gasteiger charge is -2.38. The Kier molecular flexibility index (Phi) is 6.72. The zero-order chi connectivity index (χ0) is 22.0. The Balaban J connectivity index is 1.39. The number of carboxylic acids is 1. The average molecular weight is 463 g/mol. The molecule has 31 heavy (non-hydrogen) atoms. The number of ether oxygens (including phenoxy) is 2. The largest absolute Gasteiger partial charge is 0.490 e. The van der Waals surface area contributed by atoms with E-state index in [0.29, 0.717) is 53.3 Å². The van der Waals surface area contributed by atoms with Crippen LogP contribution in [0.15, 0.2) is 42.0 Å². The van der Waals surface area contributed by atoms with E-state index in [1.165, 1.54) is 0 Å². The Morgan fingerprint density at radius 1 is 1.10 bits per heavy atom. The van der Waals surface area contributed by atoms with Crippen LogP contribution in [0.3, 0.4) is 0 Å². The summed E-state index contributed by atoms with van der Waals surface area (Å²) in [5.41, 5.74) is 3.21. The molecule has 0 spiro atoms. The summed E-state index contributed by atoms with van der Waals surface area (Å²) in [4.78, 5) is 11.9. The Morgan fingerprint density at radius 2 is 1.77 bits per heavy atom. The second-order valence-electron chi connectivity index (χ2n) is 7.75. The lowest BCUT2D eigenvalue weighted by Crippen LogP contribution is -2.58. The molecule has 2 aromatic rings. The quantitative estimate of drug-likeness (QED) is 0.540. The van der Waals surface area contributed by atoms with Gasteiger partial charge in [0.1, 0.15) is 19.0 Å². The number of halogens is 2. The van der Waals surface area contributed by atoms with E-state index in [0.717, 1.165) is 23.2 Å². The molecule has 2 aliphatic rings. The minimum Gasteiger partial charge on any atom is -0.490 e. The molecule has 2 aliphatic heterocycles. The first-order valence-corrected chi connectivity index (χ1v) is 10.9. The lowest BCUT2D eigenvalue weighted by molar-refractivity contribution is -0.133. The molecule has 1 fully saturated rings. The maximum atomic E-state index is 11.9. The zero-order valence-electron chi connectivity index (χ0n) is 17.1. The summed E-state index contributed by atoms with van der Waals surface area (Å²) in [5, 5.41) is 17.4. The van der Waals surface area contributed by atoms with Gasteiger partial charge in [-0.25, -0.2) is 4.79 Å². The van der Waals surface area contributed by atoms with Crippen LogP contribution in [0.4, 0.5) is 0 Å². The Hall–Kier alpha value is -2.25. The molecular weight excluding hydrogens is 439 g/mol. The van der Waals surface area contributed by atoms with Crippen LogP contribution in [-0.4, -0.2) is 49.5 Å². The predicted molar refractivity (Wildman–Crippen MR) is 121 cm³/mol. The number of hydrogen-bond acceptors (Lipinski definition) is 5. The molecule has 2 bridgehead atoms. The molecule has 0 aliphatic carbocycles. The second kappa shape index (κ2) is 9.49. The number of carboxylic acid groups (broad SMARTS) is 1.